The van der Waals surface area contributed by atoms with Crippen LogP contribution in [0.4, 0.5) is 8.78 Å². The lowest BCUT2D eigenvalue weighted by Crippen LogP contribution is -2.02. The van der Waals surface area contributed by atoms with Gasteiger partial charge in [-0.3, -0.25) is 0 Å². The number of rotatable bonds is 2. The maximum absolute atomic E-state index is 12.1. The molecular weight excluding hydrogens is 204 g/mol. The first-order valence-electron chi connectivity index (χ1n) is 4.09. The van der Waals surface area contributed by atoms with Crippen LogP contribution in [0.2, 0.25) is 0 Å². The molecule has 2 rings (SSSR count). The predicted octanol–water partition coefficient (Wildman–Crippen LogP) is 2.91. The van der Waals surface area contributed by atoms with E-state index in [0.717, 1.165) is 0 Å². The van der Waals surface area contributed by atoms with E-state index in [-0.39, 0.29) is 11.5 Å². The molecule has 0 saturated heterocycles. The number of nitriles is 1. The SMILES string of the molecule is N#Cc1oc2ccccc2c1OC(F)F. The summed E-state index contributed by atoms with van der Waals surface area (Å²) < 4.78 is 33.4. The highest BCUT2D eigenvalue weighted by molar-refractivity contribution is 5.86. The lowest BCUT2D eigenvalue weighted by Gasteiger charge is -2.00. The van der Waals surface area contributed by atoms with E-state index in [2.05, 4.69) is 4.74 Å². The molecule has 0 fully saturated rings. The Morgan fingerprint density at radius 1 is 1.33 bits per heavy atom. The molecule has 5 heteroatoms. The summed E-state index contributed by atoms with van der Waals surface area (Å²) >= 11 is 0. The molecule has 0 amide bonds. The van der Waals surface area contributed by atoms with E-state index in [0.29, 0.717) is 11.0 Å². The molecule has 0 atom stereocenters. The number of fused-ring (bicyclic) bond motifs is 1. The van der Waals surface area contributed by atoms with E-state index in [1.54, 1.807) is 30.3 Å². The molecule has 0 saturated carbocycles. The molecule has 15 heavy (non-hydrogen) atoms. The van der Waals surface area contributed by atoms with Crippen molar-refractivity contribution in [2.24, 2.45) is 0 Å². The average molecular weight is 209 g/mol. The molecule has 1 heterocycles. The number of benzene rings is 1. The zero-order chi connectivity index (χ0) is 10.8. The number of para-hydroxylation sites is 1. The topological polar surface area (TPSA) is 46.2 Å². The largest absolute Gasteiger partial charge is 0.442 e. The van der Waals surface area contributed by atoms with Gasteiger partial charge in [-0.25, -0.2) is 0 Å². The summed E-state index contributed by atoms with van der Waals surface area (Å²) in [5, 5.41) is 9.03. The van der Waals surface area contributed by atoms with E-state index in [4.69, 9.17) is 9.68 Å². The third-order valence-electron chi connectivity index (χ3n) is 1.86. The van der Waals surface area contributed by atoms with Crippen molar-refractivity contribution in [2.45, 2.75) is 6.61 Å². The van der Waals surface area contributed by atoms with Crippen molar-refractivity contribution < 1.29 is 17.9 Å². The standard InChI is InChI=1S/C10H5F2NO2/c11-10(12)15-9-6-3-1-2-4-7(6)14-8(9)5-13/h1-4,10H. The third kappa shape index (κ3) is 1.62. The number of alkyl halides is 2. The van der Waals surface area contributed by atoms with Gasteiger partial charge in [-0.1, -0.05) is 12.1 Å². The van der Waals surface area contributed by atoms with Gasteiger partial charge < -0.3 is 9.15 Å². The highest BCUT2D eigenvalue weighted by Crippen LogP contribution is 2.33. The van der Waals surface area contributed by atoms with Gasteiger partial charge >= 0.3 is 6.61 Å². The van der Waals surface area contributed by atoms with Crippen molar-refractivity contribution in [1.29, 1.82) is 5.26 Å². The lowest BCUT2D eigenvalue weighted by atomic mass is 10.2. The van der Waals surface area contributed by atoms with E-state index >= 15 is 0 Å². The molecule has 0 aliphatic rings. The fourth-order valence-corrected chi connectivity index (χ4v) is 1.30. The molecule has 3 nitrogen and oxygen atoms in total. The molecule has 0 unspecified atom stereocenters. The minimum absolute atomic E-state index is 0.205. The van der Waals surface area contributed by atoms with Gasteiger partial charge in [0.25, 0.3) is 0 Å². The minimum Gasteiger partial charge on any atom is -0.442 e. The summed E-state index contributed by atoms with van der Waals surface area (Å²) in [5.74, 6) is -0.445. The first kappa shape index (κ1) is 9.46. The summed E-state index contributed by atoms with van der Waals surface area (Å²) in [6, 6.07) is 8.13. The second kappa shape index (κ2) is 3.58. The number of ether oxygens (including phenoxy) is 1. The number of hydrogen-bond acceptors (Lipinski definition) is 3. The quantitative estimate of drug-likeness (QED) is 0.763. The summed E-state index contributed by atoms with van der Waals surface area (Å²) in [6.45, 7) is -2.97. The van der Waals surface area contributed by atoms with E-state index in [9.17, 15) is 8.78 Å². The Hall–Kier alpha value is -2.09. The van der Waals surface area contributed by atoms with Crippen molar-refractivity contribution in [3.8, 4) is 11.8 Å². The van der Waals surface area contributed by atoms with Gasteiger partial charge in [0, 0.05) is 0 Å². The summed E-state index contributed by atoms with van der Waals surface area (Å²) in [4.78, 5) is 0. The van der Waals surface area contributed by atoms with Gasteiger partial charge in [-0.15, -0.1) is 0 Å². The van der Waals surface area contributed by atoms with Gasteiger partial charge in [0.15, 0.2) is 5.75 Å². The van der Waals surface area contributed by atoms with Crippen molar-refractivity contribution >= 4 is 11.0 Å². The number of hydrogen-bond donors (Lipinski definition) is 0. The van der Waals surface area contributed by atoms with Crippen LogP contribution in [0.3, 0.4) is 0 Å². The molecule has 0 radical (unpaired) electrons. The van der Waals surface area contributed by atoms with Gasteiger partial charge in [0.1, 0.15) is 11.7 Å². The lowest BCUT2D eigenvalue weighted by molar-refractivity contribution is -0.0495. The zero-order valence-electron chi connectivity index (χ0n) is 7.41. The van der Waals surface area contributed by atoms with Crippen LogP contribution in [0.1, 0.15) is 5.76 Å². The third-order valence-corrected chi connectivity index (χ3v) is 1.86. The van der Waals surface area contributed by atoms with Crippen LogP contribution >= 0.6 is 0 Å². The van der Waals surface area contributed by atoms with Crippen molar-refractivity contribution in [3.63, 3.8) is 0 Å². The first-order chi connectivity index (χ1) is 7.22. The molecular formula is C10H5F2NO2. The molecule has 0 N–H and O–H groups in total. The van der Waals surface area contributed by atoms with Crippen LogP contribution in [-0.2, 0) is 0 Å². The van der Waals surface area contributed by atoms with Gasteiger partial charge in [-0.2, -0.15) is 14.0 Å². The highest BCUT2D eigenvalue weighted by Gasteiger charge is 2.18. The summed E-state index contributed by atoms with van der Waals surface area (Å²) in [7, 11) is 0. The maximum atomic E-state index is 12.1. The fourth-order valence-electron chi connectivity index (χ4n) is 1.30. The monoisotopic (exact) mass is 209 g/mol. The van der Waals surface area contributed by atoms with Gasteiger partial charge in [0.2, 0.25) is 5.76 Å². The van der Waals surface area contributed by atoms with Crippen LogP contribution in [0, 0.1) is 11.3 Å². The smallest absolute Gasteiger partial charge is 0.387 e. The van der Waals surface area contributed by atoms with Crippen molar-refractivity contribution in [2.75, 3.05) is 0 Å². The average Bonchev–Trinajstić information content (AvgIpc) is 2.56. The second-order valence-electron chi connectivity index (χ2n) is 2.75. The van der Waals surface area contributed by atoms with Crippen LogP contribution in [0.5, 0.6) is 5.75 Å². The Kier molecular flexibility index (Phi) is 2.26. The number of halogens is 2. The highest BCUT2D eigenvalue weighted by atomic mass is 19.3. The molecule has 1 aromatic heterocycles. The summed E-state index contributed by atoms with van der Waals surface area (Å²) in [6.07, 6.45) is 0. The molecule has 0 bridgehead atoms. The Balaban J connectivity index is 2.63. The molecule has 0 aliphatic heterocycles. The maximum Gasteiger partial charge on any atom is 0.387 e. The van der Waals surface area contributed by atoms with Gasteiger partial charge in [-0.05, 0) is 12.1 Å². The van der Waals surface area contributed by atoms with Crippen LogP contribution in [0.25, 0.3) is 11.0 Å². The Morgan fingerprint density at radius 3 is 2.73 bits per heavy atom. The molecule has 76 valence electrons. The normalized spacial score (nSPS) is 10.5. The van der Waals surface area contributed by atoms with Gasteiger partial charge in [0.05, 0.1) is 5.39 Å². The zero-order valence-corrected chi connectivity index (χ0v) is 7.41. The number of nitrogens with zero attached hydrogens (tertiary/aromatic N) is 1. The van der Waals surface area contributed by atoms with E-state index < -0.39 is 6.61 Å². The minimum atomic E-state index is -2.97. The molecule has 2 aromatic rings. The fraction of sp³-hybridized carbons (Fsp3) is 0.100. The van der Waals surface area contributed by atoms with Crippen LogP contribution < -0.4 is 4.74 Å². The Bertz CT molecular complexity index is 528. The second-order valence-corrected chi connectivity index (χ2v) is 2.75. The first-order valence-corrected chi connectivity index (χ1v) is 4.09. The number of furan rings is 1. The van der Waals surface area contributed by atoms with Crippen LogP contribution in [-0.4, -0.2) is 6.61 Å². The van der Waals surface area contributed by atoms with Crippen LogP contribution in [0.15, 0.2) is 28.7 Å². The summed E-state index contributed by atoms with van der Waals surface area (Å²) in [5.41, 5.74) is 0.352. The van der Waals surface area contributed by atoms with E-state index in [1.807, 2.05) is 0 Å². The predicted molar refractivity (Wildman–Crippen MR) is 47.6 cm³/mol. The van der Waals surface area contributed by atoms with E-state index in [1.165, 1.54) is 0 Å². The molecule has 0 aliphatic carbocycles. The Morgan fingerprint density at radius 2 is 2.07 bits per heavy atom. The van der Waals surface area contributed by atoms with Crippen molar-refractivity contribution in [1.82, 2.24) is 0 Å². The van der Waals surface area contributed by atoms with Crippen molar-refractivity contribution in [3.05, 3.63) is 30.0 Å². The molecule has 1 aromatic carbocycles. The Labute approximate surface area is 83.5 Å². The molecule has 0 spiro atoms.